The average molecular weight is 276 g/mol. The molecule has 1 aromatic carbocycles. The van der Waals surface area contributed by atoms with Crippen LogP contribution in [-0.2, 0) is 0 Å². The first-order chi connectivity index (χ1) is 9.65. The fourth-order valence-corrected chi connectivity index (χ4v) is 2.53. The monoisotopic (exact) mass is 276 g/mol. The van der Waals surface area contributed by atoms with Crippen molar-refractivity contribution in [2.24, 2.45) is 0 Å². The van der Waals surface area contributed by atoms with E-state index >= 15 is 0 Å². The Morgan fingerprint density at radius 3 is 3.05 bits per heavy atom. The van der Waals surface area contributed by atoms with Gasteiger partial charge in [-0.3, -0.25) is 4.90 Å². The van der Waals surface area contributed by atoms with E-state index in [0.29, 0.717) is 23.6 Å². The van der Waals surface area contributed by atoms with Gasteiger partial charge in [-0.15, -0.1) is 0 Å². The number of halogens is 1. The van der Waals surface area contributed by atoms with Crippen LogP contribution in [0, 0.1) is 5.82 Å². The number of hydrogen-bond donors (Lipinski definition) is 1. The van der Waals surface area contributed by atoms with Crippen LogP contribution in [0.1, 0.15) is 24.6 Å². The molecular formula is C14H13FN2O3. The van der Waals surface area contributed by atoms with Crippen molar-refractivity contribution >= 4 is 6.09 Å². The molecule has 1 N–H and O–H groups in total. The Bertz CT molecular complexity index is 641. The van der Waals surface area contributed by atoms with Crippen LogP contribution >= 0.6 is 0 Å². The van der Waals surface area contributed by atoms with Crippen LogP contribution in [0.25, 0.3) is 11.3 Å². The van der Waals surface area contributed by atoms with Crippen molar-refractivity contribution in [1.82, 2.24) is 10.1 Å². The fraction of sp³-hybridized carbons (Fsp3) is 0.286. The van der Waals surface area contributed by atoms with Crippen molar-refractivity contribution in [1.29, 1.82) is 0 Å². The van der Waals surface area contributed by atoms with Gasteiger partial charge in [0.1, 0.15) is 11.5 Å². The Kier molecular flexibility index (Phi) is 3.14. The largest absolute Gasteiger partial charge is 0.465 e. The van der Waals surface area contributed by atoms with Crippen molar-refractivity contribution in [3.8, 4) is 11.3 Å². The van der Waals surface area contributed by atoms with Crippen molar-refractivity contribution in [3.05, 3.63) is 41.8 Å². The summed E-state index contributed by atoms with van der Waals surface area (Å²) in [6, 6.07) is 7.42. The molecule has 3 rings (SSSR count). The van der Waals surface area contributed by atoms with E-state index in [1.165, 1.54) is 17.0 Å². The molecule has 0 spiro atoms. The lowest BCUT2D eigenvalue weighted by Gasteiger charge is -2.18. The predicted molar refractivity (Wildman–Crippen MR) is 68.6 cm³/mol. The molecular weight excluding hydrogens is 263 g/mol. The molecule has 0 bridgehead atoms. The highest BCUT2D eigenvalue weighted by Crippen LogP contribution is 2.33. The Hall–Kier alpha value is -2.37. The topological polar surface area (TPSA) is 66.6 Å². The maximum absolute atomic E-state index is 13.2. The van der Waals surface area contributed by atoms with Crippen molar-refractivity contribution in [3.63, 3.8) is 0 Å². The summed E-state index contributed by atoms with van der Waals surface area (Å²) in [5, 5.41) is 13.1. The minimum Gasteiger partial charge on any atom is -0.465 e. The highest BCUT2D eigenvalue weighted by atomic mass is 19.1. The minimum atomic E-state index is -0.956. The summed E-state index contributed by atoms with van der Waals surface area (Å²) in [4.78, 5) is 12.5. The number of hydrogen-bond acceptors (Lipinski definition) is 3. The molecule has 1 aliphatic rings. The number of carboxylic acid groups (broad SMARTS) is 1. The van der Waals surface area contributed by atoms with E-state index in [9.17, 15) is 9.18 Å². The zero-order valence-corrected chi connectivity index (χ0v) is 10.6. The quantitative estimate of drug-likeness (QED) is 0.913. The number of nitrogens with zero attached hydrogens (tertiary/aromatic N) is 2. The summed E-state index contributed by atoms with van der Waals surface area (Å²) < 4.78 is 18.4. The standard InChI is InChI=1S/C14H13FN2O3/c15-10-4-1-3-9(7-10)13-8-11(16-20-13)12-5-2-6-17(12)14(18)19/h1,3-4,7-8,12H,2,5-6H2,(H,18,19)/t12-/m1/s1. The summed E-state index contributed by atoms with van der Waals surface area (Å²) in [7, 11) is 0. The Morgan fingerprint density at radius 1 is 1.45 bits per heavy atom. The lowest BCUT2D eigenvalue weighted by Crippen LogP contribution is -2.28. The molecule has 1 aliphatic heterocycles. The van der Waals surface area contributed by atoms with Crippen LogP contribution in [0.3, 0.4) is 0 Å². The summed E-state index contributed by atoms with van der Waals surface area (Å²) in [5.74, 6) is 0.0882. The van der Waals surface area contributed by atoms with E-state index in [4.69, 9.17) is 9.63 Å². The van der Waals surface area contributed by atoms with Gasteiger partial charge in [0.15, 0.2) is 5.76 Å². The first-order valence-corrected chi connectivity index (χ1v) is 6.37. The normalized spacial score (nSPS) is 18.4. The summed E-state index contributed by atoms with van der Waals surface area (Å²) in [6.45, 7) is 0.502. The van der Waals surface area contributed by atoms with Gasteiger partial charge in [-0.2, -0.15) is 0 Å². The van der Waals surface area contributed by atoms with Gasteiger partial charge in [0.25, 0.3) is 0 Å². The number of rotatable bonds is 2. The van der Waals surface area contributed by atoms with E-state index in [2.05, 4.69) is 5.16 Å². The third-order valence-corrected chi connectivity index (χ3v) is 3.48. The maximum Gasteiger partial charge on any atom is 0.407 e. The molecule has 0 saturated carbocycles. The van der Waals surface area contributed by atoms with E-state index in [-0.39, 0.29) is 11.9 Å². The molecule has 1 atom stereocenters. The predicted octanol–water partition coefficient (Wildman–Crippen LogP) is 3.30. The number of carbonyl (C=O) groups is 1. The third-order valence-electron chi connectivity index (χ3n) is 3.48. The smallest absolute Gasteiger partial charge is 0.407 e. The van der Waals surface area contributed by atoms with Gasteiger partial charge in [-0.05, 0) is 25.0 Å². The van der Waals surface area contributed by atoms with Crippen LogP contribution in [0.15, 0.2) is 34.9 Å². The number of benzene rings is 1. The molecule has 0 aliphatic carbocycles. The molecule has 0 unspecified atom stereocenters. The lowest BCUT2D eigenvalue weighted by molar-refractivity contribution is 0.138. The van der Waals surface area contributed by atoms with Crippen LogP contribution in [0.5, 0.6) is 0 Å². The Morgan fingerprint density at radius 2 is 2.30 bits per heavy atom. The van der Waals surface area contributed by atoms with E-state index in [1.807, 2.05) is 0 Å². The Labute approximate surface area is 114 Å². The second-order valence-electron chi connectivity index (χ2n) is 4.76. The molecule has 1 saturated heterocycles. The third kappa shape index (κ3) is 2.24. The molecule has 5 nitrogen and oxygen atoms in total. The van der Waals surface area contributed by atoms with Gasteiger partial charge in [0, 0.05) is 18.2 Å². The van der Waals surface area contributed by atoms with Crippen LogP contribution in [0.2, 0.25) is 0 Å². The molecule has 2 heterocycles. The average Bonchev–Trinajstić information content (AvgIpc) is 3.07. The second kappa shape index (κ2) is 4.96. The zero-order valence-electron chi connectivity index (χ0n) is 10.6. The van der Waals surface area contributed by atoms with Crippen molar-refractivity contribution < 1.29 is 18.8 Å². The molecule has 104 valence electrons. The van der Waals surface area contributed by atoms with E-state index < -0.39 is 6.09 Å². The van der Waals surface area contributed by atoms with Gasteiger partial charge in [-0.1, -0.05) is 17.3 Å². The van der Waals surface area contributed by atoms with E-state index in [0.717, 1.165) is 12.8 Å². The van der Waals surface area contributed by atoms with Crippen LogP contribution in [0.4, 0.5) is 9.18 Å². The molecule has 6 heteroatoms. The fourth-order valence-electron chi connectivity index (χ4n) is 2.53. The second-order valence-corrected chi connectivity index (χ2v) is 4.76. The first-order valence-electron chi connectivity index (χ1n) is 6.37. The molecule has 1 aromatic heterocycles. The molecule has 1 amide bonds. The molecule has 1 fully saturated rings. The van der Waals surface area contributed by atoms with Gasteiger partial charge in [-0.25, -0.2) is 9.18 Å². The Balaban J connectivity index is 1.89. The molecule has 0 radical (unpaired) electrons. The summed E-state index contributed by atoms with van der Waals surface area (Å²) in [6.07, 6.45) is 0.573. The van der Waals surface area contributed by atoms with E-state index in [1.54, 1.807) is 18.2 Å². The van der Waals surface area contributed by atoms with Crippen molar-refractivity contribution in [2.75, 3.05) is 6.54 Å². The lowest BCUT2D eigenvalue weighted by atomic mass is 10.1. The zero-order chi connectivity index (χ0) is 14.1. The summed E-state index contributed by atoms with van der Waals surface area (Å²) >= 11 is 0. The van der Waals surface area contributed by atoms with Gasteiger partial charge < -0.3 is 9.63 Å². The highest BCUT2D eigenvalue weighted by molar-refractivity contribution is 5.66. The van der Waals surface area contributed by atoms with Crippen LogP contribution < -0.4 is 0 Å². The van der Waals surface area contributed by atoms with Crippen molar-refractivity contribution in [2.45, 2.75) is 18.9 Å². The van der Waals surface area contributed by atoms with Gasteiger partial charge in [0.2, 0.25) is 0 Å². The number of amides is 1. The minimum absolute atomic E-state index is 0.279. The van der Waals surface area contributed by atoms with Gasteiger partial charge in [0.05, 0.1) is 6.04 Å². The molecule has 20 heavy (non-hydrogen) atoms. The maximum atomic E-state index is 13.2. The van der Waals surface area contributed by atoms with Gasteiger partial charge >= 0.3 is 6.09 Å². The SMILES string of the molecule is O=C(O)N1CCC[C@@H]1c1cc(-c2cccc(F)c2)on1. The summed E-state index contributed by atoms with van der Waals surface area (Å²) in [5.41, 5.74) is 1.16. The number of aromatic nitrogens is 1. The highest BCUT2D eigenvalue weighted by Gasteiger charge is 2.32. The molecule has 2 aromatic rings. The van der Waals surface area contributed by atoms with Crippen LogP contribution in [-0.4, -0.2) is 27.8 Å². The number of likely N-dealkylation sites (tertiary alicyclic amines) is 1. The first kappa shape index (κ1) is 12.7.